The van der Waals surface area contributed by atoms with Gasteiger partial charge in [-0.15, -0.1) is 11.3 Å². The van der Waals surface area contributed by atoms with Crippen molar-refractivity contribution in [1.82, 2.24) is 0 Å². The fraction of sp³-hybridized carbons (Fsp3) is 0.0667. The van der Waals surface area contributed by atoms with Gasteiger partial charge in [0.2, 0.25) is 0 Å². The van der Waals surface area contributed by atoms with Gasteiger partial charge in [0.1, 0.15) is 0 Å². The molecule has 0 nitrogen and oxygen atoms in total. The van der Waals surface area contributed by atoms with Crippen LogP contribution in [0, 0.1) is 12.3 Å². The number of hydrogen-bond donors (Lipinski definition) is 0. The summed E-state index contributed by atoms with van der Waals surface area (Å²) in [6.45, 7) is 2.12. The highest BCUT2D eigenvalue weighted by atomic mass is 32.1. The van der Waals surface area contributed by atoms with Crippen LogP contribution in [0.4, 0.5) is 0 Å². The van der Waals surface area contributed by atoms with Crippen molar-refractivity contribution in [2.75, 3.05) is 0 Å². The van der Waals surface area contributed by atoms with Gasteiger partial charge in [0.05, 0.1) is 0 Å². The molecule has 1 heteroatoms. The molecule has 2 aromatic carbocycles. The molecule has 1 aromatic heterocycles. The number of thiophene rings is 1. The van der Waals surface area contributed by atoms with Gasteiger partial charge >= 0.3 is 0 Å². The van der Waals surface area contributed by atoms with Crippen LogP contribution in [0.3, 0.4) is 0 Å². The first kappa shape index (κ1) is 9.61. The molecule has 16 heavy (non-hydrogen) atoms. The Balaban J connectivity index is 2.22. The van der Waals surface area contributed by atoms with E-state index in [2.05, 4.69) is 54.8 Å². The van der Waals surface area contributed by atoms with E-state index in [-0.39, 0.29) is 0 Å². The van der Waals surface area contributed by atoms with Gasteiger partial charge in [-0.3, -0.25) is 0 Å². The van der Waals surface area contributed by atoms with E-state index in [0.29, 0.717) is 0 Å². The molecular formula is C15H11S. The van der Waals surface area contributed by atoms with E-state index in [0.717, 1.165) is 0 Å². The van der Waals surface area contributed by atoms with Gasteiger partial charge < -0.3 is 0 Å². The minimum absolute atomic E-state index is 1.25. The van der Waals surface area contributed by atoms with Gasteiger partial charge in [0.15, 0.2) is 0 Å². The normalized spacial score (nSPS) is 10.8. The second kappa shape index (κ2) is 3.76. The number of benzene rings is 2. The van der Waals surface area contributed by atoms with E-state index in [1.165, 1.54) is 26.8 Å². The molecule has 0 aliphatic rings. The highest BCUT2D eigenvalue weighted by Gasteiger charge is 2.03. The maximum absolute atomic E-state index is 3.30. The summed E-state index contributed by atoms with van der Waals surface area (Å²) < 4.78 is 1.32. The molecule has 0 saturated heterocycles. The predicted octanol–water partition coefficient (Wildman–Crippen LogP) is 4.68. The van der Waals surface area contributed by atoms with Crippen LogP contribution < -0.4 is 0 Å². The highest BCUT2D eigenvalue weighted by molar-refractivity contribution is 7.16. The largest absolute Gasteiger partial charge is 0.134 e. The number of rotatable bonds is 1. The van der Waals surface area contributed by atoms with E-state index in [1.807, 2.05) is 6.07 Å². The smallest absolute Gasteiger partial charge is 0.0487 e. The van der Waals surface area contributed by atoms with Crippen molar-refractivity contribution in [1.29, 1.82) is 0 Å². The van der Waals surface area contributed by atoms with Crippen LogP contribution in [-0.4, -0.2) is 0 Å². The van der Waals surface area contributed by atoms with Crippen molar-refractivity contribution in [3.05, 3.63) is 59.5 Å². The predicted molar refractivity (Wildman–Crippen MR) is 70.8 cm³/mol. The summed E-state index contributed by atoms with van der Waals surface area (Å²) in [4.78, 5) is 0. The first-order valence-corrected chi connectivity index (χ1v) is 6.12. The fourth-order valence-corrected chi connectivity index (χ4v) is 2.74. The summed E-state index contributed by atoms with van der Waals surface area (Å²) in [5.41, 5.74) is 3.80. The third-order valence-corrected chi connectivity index (χ3v) is 3.79. The molecule has 0 unspecified atom stereocenters. The maximum atomic E-state index is 3.30. The van der Waals surface area contributed by atoms with Gasteiger partial charge in [-0.25, -0.2) is 0 Å². The maximum Gasteiger partial charge on any atom is 0.0487 e. The molecular weight excluding hydrogens is 212 g/mol. The molecule has 3 aromatic rings. The molecule has 0 fully saturated rings. The molecule has 0 N–H and O–H groups in total. The number of hydrogen-bond acceptors (Lipinski definition) is 1. The Morgan fingerprint density at radius 1 is 0.938 bits per heavy atom. The van der Waals surface area contributed by atoms with Crippen LogP contribution >= 0.6 is 11.3 Å². The lowest BCUT2D eigenvalue weighted by Gasteiger charge is -2.01. The average Bonchev–Trinajstić information content (AvgIpc) is 2.72. The Hall–Kier alpha value is -1.60. The molecule has 1 radical (unpaired) electrons. The third-order valence-electron chi connectivity index (χ3n) is 2.80. The van der Waals surface area contributed by atoms with E-state index in [9.17, 15) is 0 Å². The van der Waals surface area contributed by atoms with Crippen LogP contribution in [0.25, 0.3) is 21.2 Å². The molecule has 3 rings (SSSR count). The van der Waals surface area contributed by atoms with Crippen molar-refractivity contribution in [2.24, 2.45) is 0 Å². The molecule has 77 valence electrons. The Bertz CT molecular complexity index is 620. The zero-order valence-corrected chi connectivity index (χ0v) is 9.84. The molecule has 0 aliphatic carbocycles. The van der Waals surface area contributed by atoms with Crippen molar-refractivity contribution in [3.8, 4) is 11.1 Å². The SMILES string of the molecule is Cc1[c]sc2ccc(-c3ccccc3)cc12. The number of aryl methyl sites for hydroxylation is 1. The summed E-state index contributed by atoms with van der Waals surface area (Å²) in [6.07, 6.45) is 0. The molecule has 0 spiro atoms. The highest BCUT2D eigenvalue weighted by Crippen LogP contribution is 2.29. The molecule has 1 heterocycles. The average molecular weight is 223 g/mol. The summed E-state index contributed by atoms with van der Waals surface area (Å²) in [7, 11) is 0. The molecule has 0 saturated carbocycles. The minimum atomic E-state index is 1.25. The molecule has 0 bridgehead atoms. The Morgan fingerprint density at radius 3 is 2.56 bits per heavy atom. The van der Waals surface area contributed by atoms with Gasteiger partial charge in [0, 0.05) is 10.1 Å². The topological polar surface area (TPSA) is 0 Å². The first-order chi connectivity index (χ1) is 7.84. The lowest BCUT2D eigenvalue weighted by atomic mass is 10.0. The molecule has 0 aliphatic heterocycles. The second-order valence-corrected chi connectivity index (χ2v) is 4.75. The zero-order valence-electron chi connectivity index (χ0n) is 9.03. The van der Waals surface area contributed by atoms with Crippen LogP contribution in [0.5, 0.6) is 0 Å². The number of fused-ring (bicyclic) bond motifs is 1. The van der Waals surface area contributed by atoms with Crippen LogP contribution in [0.1, 0.15) is 5.56 Å². The summed E-state index contributed by atoms with van der Waals surface area (Å²) in [5, 5.41) is 4.62. The van der Waals surface area contributed by atoms with Crippen molar-refractivity contribution < 1.29 is 0 Å². The Kier molecular flexibility index (Phi) is 2.26. The van der Waals surface area contributed by atoms with E-state index >= 15 is 0 Å². The Labute approximate surface area is 99.2 Å². The van der Waals surface area contributed by atoms with E-state index in [4.69, 9.17) is 0 Å². The fourth-order valence-electron chi connectivity index (χ4n) is 1.91. The molecule has 0 atom stereocenters. The van der Waals surface area contributed by atoms with Gasteiger partial charge in [-0.2, -0.15) is 0 Å². The van der Waals surface area contributed by atoms with Gasteiger partial charge in [0.25, 0.3) is 0 Å². The van der Waals surface area contributed by atoms with E-state index in [1.54, 1.807) is 11.3 Å². The summed E-state index contributed by atoms with van der Waals surface area (Å²) in [5.74, 6) is 0. The summed E-state index contributed by atoms with van der Waals surface area (Å²) >= 11 is 1.69. The molecule has 0 amide bonds. The van der Waals surface area contributed by atoms with Crippen LogP contribution in [-0.2, 0) is 0 Å². The zero-order chi connectivity index (χ0) is 11.0. The standard InChI is InChI=1S/C15H11S/c1-11-10-16-15-8-7-13(9-14(11)15)12-5-3-2-4-6-12/h2-9H,1H3. The first-order valence-electron chi connectivity index (χ1n) is 5.31. The lowest BCUT2D eigenvalue weighted by molar-refractivity contribution is 1.58. The quantitative estimate of drug-likeness (QED) is 0.562. The van der Waals surface area contributed by atoms with Crippen molar-refractivity contribution >= 4 is 21.4 Å². The van der Waals surface area contributed by atoms with Crippen LogP contribution in [0.2, 0.25) is 0 Å². The van der Waals surface area contributed by atoms with Gasteiger partial charge in [-0.05, 0) is 41.1 Å². The van der Waals surface area contributed by atoms with Crippen LogP contribution in [0.15, 0.2) is 48.5 Å². The Morgan fingerprint density at radius 2 is 1.75 bits per heavy atom. The monoisotopic (exact) mass is 223 g/mol. The minimum Gasteiger partial charge on any atom is -0.134 e. The van der Waals surface area contributed by atoms with Gasteiger partial charge in [-0.1, -0.05) is 36.4 Å². The van der Waals surface area contributed by atoms with Crippen molar-refractivity contribution in [2.45, 2.75) is 6.92 Å². The third kappa shape index (κ3) is 1.54. The van der Waals surface area contributed by atoms with Crippen molar-refractivity contribution in [3.63, 3.8) is 0 Å². The lowest BCUT2D eigenvalue weighted by Crippen LogP contribution is -1.76. The second-order valence-electron chi connectivity index (χ2n) is 3.91. The van der Waals surface area contributed by atoms with E-state index < -0.39 is 0 Å². The summed E-state index contributed by atoms with van der Waals surface area (Å²) in [6, 6.07) is 17.1.